The van der Waals surface area contributed by atoms with Crippen molar-refractivity contribution in [3.8, 4) is 0 Å². The van der Waals surface area contributed by atoms with Gasteiger partial charge in [-0.05, 0) is 24.0 Å². The van der Waals surface area contributed by atoms with Crippen LogP contribution in [0.3, 0.4) is 0 Å². The molecule has 5 heteroatoms. The second-order valence-electron chi connectivity index (χ2n) is 4.98. The van der Waals surface area contributed by atoms with E-state index in [2.05, 4.69) is 6.07 Å². The topological polar surface area (TPSA) is 63.4 Å². The van der Waals surface area contributed by atoms with Crippen LogP contribution < -0.4 is 5.73 Å². The lowest BCUT2D eigenvalue weighted by molar-refractivity contribution is 0.313. The van der Waals surface area contributed by atoms with Crippen molar-refractivity contribution in [3.63, 3.8) is 0 Å². The van der Waals surface area contributed by atoms with E-state index in [4.69, 9.17) is 5.73 Å². The molecule has 0 saturated heterocycles. The maximum absolute atomic E-state index is 12.4. The number of nitrogens with two attached hydrogens (primary N) is 1. The molecule has 0 aliphatic carbocycles. The van der Waals surface area contributed by atoms with Crippen LogP contribution in [0.4, 0.5) is 0 Å². The van der Waals surface area contributed by atoms with Gasteiger partial charge in [0.05, 0.1) is 11.8 Å². The molecular weight excluding hydrogens is 260 g/mol. The van der Waals surface area contributed by atoms with Gasteiger partial charge in [-0.25, -0.2) is 8.42 Å². The summed E-state index contributed by atoms with van der Waals surface area (Å²) in [4.78, 5) is 0. The Bertz CT molecular complexity index is 528. The van der Waals surface area contributed by atoms with Crippen LogP contribution in [0, 0.1) is 0 Å². The maximum atomic E-state index is 12.4. The first-order valence-electron chi connectivity index (χ1n) is 6.87. The number of hydrogen-bond donors (Lipinski definition) is 1. The van der Waals surface area contributed by atoms with Gasteiger partial charge >= 0.3 is 0 Å². The quantitative estimate of drug-likeness (QED) is 0.893. The zero-order chi connectivity index (χ0) is 13.9. The van der Waals surface area contributed by atoms with E-state index >= 15 is 0 Å². The van der Waals surface area contributed by atoms with Crippen molar-refractivity contribution in [2.45, 2.75) is 32.2 Å². The number of fused-ring (bicyclic) bond motifs is 1. The minimum atomic E-state index is -3.20. The van der Waals surface area contributed by atoms with E-state index < -0.39 is 10.0 Å². The number of unbranched alkanes of at least 4 members (excludes halogenated alkanes) is 1. The van der Waals surface area contributed by atoms with E-state index in [1.807, 2.05) is 25.1 Å². The van der Waals surface area contributed by atoms with E-state index in [0.717, 1.165) is 18.4 Å². The second-order valence-corrected chi connectivity index (χ2v) is 7.02. The summed E-state index contributed by atoms with van der Waals surface area (Å²) in [5.41, 5.74) is 8.12. The molecule has 0 bridgehead atoms. The van der Waals surface area contributed by atoms with Gasteiger partial charge < -0.3 is 5.73 Å². The van der Waals surface area contributed by atoms with Gasteiger partial charge in [0.1, 0.15) is 0 Å². The molecule has 1 aliphatic rings. The van der Waals surface area contributed by atoms with Crippen molar-refractivity contribution in [2.24, 2.45) is 5.73 Å². The van der Waals surface area contributed by atoms with Crippen LogP contribution in [0.15, 0.2) is 24.3 Å². The molecule has 1 heterocycles. The largest absolute Gasteiger partial charge is 0.329 e. The molecule has 4 nitrogen and oxygen atoms in total. The summed E-state index contributed by atoms with van der Waals surface area (Å²) in [5, 5.41) is 0. The molecule has 2 rings (SSSR count). The third-order valence-corrected chi connectivity index (χ3v) is 5.66. The Hall–Kier alpha value is -0.910. The molecule has 0 amide bonds. The average Bonchev–Trinajstić information content (AvgIpc) is 2.43. The van der Waals surface area contributed by atoms with Crippen LogP contribution in [0.1, 0.15) is 36.9 Å². The minimum absolute atomic E-state index is 0.202. The SMILES string of the molecule is CCCCS(=O)(=O)N1CCc2ccccc2C1CN. The summed E-state index contributed by atoms with van der Waals surface area (Å²) >= 11 is 0. The van der Waals surface area contributed by atoms with Gasteiger partial charge in [-0.2, -0.15) is 4.31 Å². The number of rotatable bonds is 5. The van der Waals surface area contributed by atoms with Crippen LogP contribution in [0.5, 0.6) is 0 Å². The highest BCUT2D eigenvalue weighted by Crippen LogP contribution is 2.31. The molecule has 0 aromatic heterocycles. The van der Waals surface area contributed by atoms with Crippen molar-refractivity contribution in [2.75, 3.05) is 18.8 Å². The van der Waals surface area contributed by atoms with Crippen LogP contribution in [-0.4, -0.2) is 31.6 Å². The smallest absolute Gasteiger partial charge is 0.214 e. The fourth-order valence-electron chi connectivity index (χ4n) is 2.65. The van der Waals surface area contributed by atoms with E-state index in [1.165, 1.54) is 5.56 Å². The molecule has 0 spiro atoms. The Kier molecular flexibility index (Phi) is 4.60. The molecule has 1 aliphatic heterocycles. The first-order valence-corrected chi connectivity index (χ1v) is 8.48. The predicted octanol–water partition coefficient (Wildman–Crippen LogP) is 1.67. The Balaban J connectivity index is 2.29. The Morgan fingerprint density at radius 2 is 2.11 bits per heavy atom. The molecule has 0 saturated carbocycles. The van der Waals surface area contributed by atoms with E-state index in [0.29, 0.717) is 19.5 Å². The first kappa shape index (κ1) is 14.5. The maximum Gasteiger partial charge on any atom is 0.214 e. The van der Waals surface area contributed by atoms with Crippen molar-refractivity contribution in [1.82, 2.24) is 4.31 Å². The highest BCUT2D eigenvalue weighted by molar-refractivity contribution is 7.89. The summed E-state index contributed by atoms with van der Waals surface area (Å²) in [6.07, 6.45) is 2.37. The molecule has 1 aromatic rings. The van der Waals surface area contributed by atoms with Gasteiger partial charge in [0, 0.05) is 13.1 Å². The van der Waals surface area contributed by atoms with Gasteiger partial charge in [-0.3, -0.25) is 0 Å². The third-order valence-electron chi connectivity index (χ3n) is 3.70. The summed E-state index contributed by atoms with van der Waals surface area (Å²) in [7, 11) is -3.20. The van der Waals surface area contributed by atoms with E-state index in [9.17, 15) is 8.42 Å². The highest BCUT2D eigenvalue weighted by Gasteiger charge is 2.33. The fraction of sp³-hybridized carbons (Fsp3) is 0.571. The molecule has 1 aromatic carbocycles. The van der Waals surface area contributed by atoms with Gasteiger partial charge in [0.2, 0.25) is 10.0 Å². The lowest BCUT2D eigenvalue weighted by Gasteiger charge is -2.35. The molecular formula is C14H22N2O2S. The summed E-state index contributed by atoms with van der Waals surface area (Å²) in [5.74, 6) is 0.224. The predicted molar refractivity (Wildman–Crippen MR) is 77.3 cm³/mol. The van der Waals surface area contributed by atoms with Crippen molar-refractivity contribution < 1.29 is 8.42 Å². The molecule has 1 unspecified atom stereocenters. The molecule has 1 atom stereocenters. The molecule has 19 heavy (non-hydrogen) atoms. The average molecular weight is 282 g/mol. The first-order chi connectivity index (χ1) is 9.10. The van der Waals surface area contributed by atoms with Crippen molar-refractivity contribution in [1.29, 1.82) is 0 Å². The summed E-state index contributed by atoms with van der Waals surface area (Å²) in [6.45, 7) is 2.88. The number of benzene rings is 1. The Labute approximate surface area is 115 Å². The minimum Gasteiger partial charge on any atom is -0.329 e. The lowest BCUT2D eigenvalue weighted by atomic mass is 9.94. The number of hydrogen-bond acceptors (Lipinski definition) is 3. The normalized spacial score (nSPS) is 20.2. The highest BCUT2D eigenvalue weighted by atomic mass is 32.2. The number of sulfonamides is 1. The van der Waals surface area contributed by atoms with Gasteiger partial charge in [0.15, 0.2) is 0 Å². The van der Waals surface area contributed by atoms with Crippen LogP contribution in [-0.2, 0) is 16.4 Å². The van der Waals surface area contributed by atoms with E-state index in [-0.39, 0.29) is 11.8 Å². The number of nitrogens with zero attached hydrogens (tertiary/aromatic N) is 1. The zero-order valence-corrected chi connectivity index (χ0v) is 12.2. The lowest BCUT2D eigenvalue weighted by Crippen LogP contribution is -2.44. The molecule has 106 valence electrons. The Morgan fingerprint density at radius 3 is 2.79 bits per heavy atom. The molecule has 0 radical (unpaired) electrons. The fourth-order valence-corrected chi connectivity index (χ4v) is 4.49. The Morgan fingerprint density at radius 1 is 1.37 bits per heavy atom. The second kappa shape index (κ2) is 6.03. The van der Waals surface area contributed by atoms with Crippen LogP contribution >= 0.6 is 0 Å². The standard InChI is InChI=1S/C14H22N2O2S/c1-2-3-10-19(17,18)16-9-8-12-6-4-5-7-13(12)14(16)11-15/h4-7,14H,2-3,8-11,15H2,1H3. The zero-order valence-electron chi connectivity index (χ0n) is 11.4. The van der Waals surface area contributed by atoms with Gasteiger partial charge in [-0.15, -0.1) is 0 Å². The molecule has 0 fully saturated rings. The van der Waals surface area contributed by atoms with E-state index in [1.54, 1.807) is 4.31 Å². The van der Waals surface area contributed by atoms with Crippen molar-refractivity contribution >= 4 is 10.0 Å². The van der Waals surface area contributed by atoms with Crippen molar-refractivity contribution in [3.05, 3.63) is 35.4 Å². The van der Waals surface area contributed by atoms with Gasteiger partial charge in [-0.1, -0.05) is 37.6 Å². The monoisotopic (exact) mass is 282 g/mol. The van der Waals surface area contributed by atoms with Crippen LogP contribution in [0.25, 0.3) is 0 Å². The third kappa shape index (κ3) is 2.99. The van der Waals surface area contributed by atoms with Crippen LogP contribution in [0.2, 0.25) is 0 Å². The molecule has 2 N–H and O–H groups in total. The summed E-state index contributed by atoms with van der Waals surface area (Å²) < 4.78 is 26.4. The van der Waals surface area contributed by atoms with Gasteiger partial charge in [0.25, 0.3) is 0 Å². The summed E-state index contributed by atoms with van der Waals surface area (Å²) in [6, 6.07) is 7.80.